The molecule has 1 N–H and O–H groups in total. The fraction of sp³-hybridized carbons (Fsp3) is 0.688. The summed E-state index contributed by atoms with van der Waals surface area (Å²) in [6.07, 6.45) is 5.30. The smallest absolute Gasteiger partial charge is 0.169 e. The molecule has 2 bridgehead atoms. The van der Waals surface area contributed by atoms with Gasteiger partial charge in [0, 0.05) is 25.2 Å². The van der Waals surface area contributed by atoms with Gasteiger partial charge in [-0.15, -0.1) is 5.10 Å². The molecule has 5 heteroatoms. The molecule has 1 aromatic rings. The molecule has 0 spiro atoms. The first-order valence-corrected chi connectivity index (χ1v) is 8.06. The second kappa shape index (κ2) is 5.98. The summed E-state index contributed by atoms with van der Waals surface area (Å²) in [6, 6.07) is 3.55. The van der Waals surface area contributed by atoms with E-state index in [4.69, 9.17) is 0 Å². The lowest BCUT2D eigenvalue weighted by atomic mass is 10.0. The number of nitrogens with zero attached hydrogens (tertiary/aromatic N) is 4. The van der Waals surface area contributed by atoms with E-state index in [1.807, 2.05) is 0 Å². The van der Waals surface area contributed by atoms with Crippen molar-refractivity contribution in [1.82, 2.24) is 15.5 Å². The summed E-state index contributed by atoms with van der Waals surface area (Å²) in [5, 5.41) is 22.1. The molecule has 2 saturated heterocycles. The van der Waals surface area contributed by atoms with Gasteiger partial charge in [0.15, 0.2) is 5.82 Å². The number of fused-ring (bicyclic) bond motifs is 2. The van der Waals surface area contributed by atoms with Crippen LogP contribution in [0.25, 0.3) is 0 Å². The average molecular weight is 285 g/mol. The highest BCUT2D eigenvalue weighted by atomic mass is 15.3. The largest absolute Gasteiger partial charge is 0.352 e. The van der Waals surface area contributed by atoms with E-state index >= 15 is 0 Å². The van der Waals surface area contributed by atoms with Crippen molar-refractivity contribution < 1.29 is 0 Å². The van der Waals surface area contributed by atoms with Crippen LogP contribution >= 0.6 is 0 Å². The second-order valence-corrected chi connectivity index (χ2v) is 6.02. The first kappa shape index (κ1) is 14.3. The summed E-state index contributed by atoms with van der Waals surface area (Å²) in [5.41, 5.74) is 2.78. The maximum atomic E-state index is 9.62. The third kappa shape index (κ3) is 2.60. The monoisotopic (exact) mass is 285 g/mol. The molecule has 0 radical (unpaired) electrons. The second-order valence-electron chi connectivity index (χ2n) is 6.02. The first-order chi connectivity index (χ1) is 10.3. The molecule has 3 rings (SSSR count). The summed E-state index contributed by atoms with van der Waals surface area (Å²) in [6.45, 7) is 6.06. The maximum Gasteiger partial charge on any atom is 0.169 e. The Bertz CT molecular complexity index is 563. The molecule has 3 heterocycles. The number of hydrogen-bond acceptors (Lipinski definition) is 5. The van der Waals surface area contributed by atoms with E-state index in [0.717, 1.165) is 55.0 Å². The van der Waals surface area contributed by atoms with Gasteiger partial charge in [-0.25, -0.2) is 0 Å². The van der Waals surface area contributed by atoms with Crippen LogP contribution in [0.3, 0.4) is 0 Å². The van der Waals surface area contributed by atoms with Crippen LogP contribution in [0.1, 0.15) is 49.9 Å². The quantitative estimate of drug-likeness (QED) is 0.917. The van der Waals surface area contributed by atoms with Crippen LogP contribution < -0.4 is 10.2 Å². The highest BCUT2D eigenvalue weighted by Gasteiger charge is 2.31. The van der Waals surface area contributed by atoms with Crippen molar-refractivity contribution in [3.05, 3.63) is 16.8 Å². The summed E-state index contributed by atoms with van der Waals surface area (Å²) < 4.78 is 0. The normalized spacial score (nSPS) is 24.7. The molecule has 2 aliphatic heterocycles. The van der Waals surface area contributed by atoms with Crippen molar-refractivity contribution in [2.24, 2.45) is 0 Å². The van der Waals surface area contributed by atoms with Gasteiger partial charge in [-0.1, -0.05) is 13.8 Å². The number of anilines is 1. The van der Waals surface area contributed by atoms with Crippen molar-refractivity contribution in [3.63, 3.8) is 0 Å². The van der Waals surface area contributed by atoms with E-state index in [2.05, 4.69) is 40.3 Å². The van der Waals surface area contributed by atoms with E-state index in [1.54, 1.807) is 0 Å². The minimum Gasteiger partial charge on any atom is -0.352 e. The Kier molecular flexibility index (Phi) is 4.07. The molecule has 2 aliphatic rings. The highest BCUT2D eigenvalue weighted by molar-refractivity contribution is 5.58. The topological polar surface area (TPSA) is 64.8 Å². The zero-order chi connectivity index (χ0) is 14.8. The van der Waals surface area contributed by atoms with Crippen molar-refractivity contribution in [2.45, 2.75) is 58.0 Å². The molecule has 0 aromatic carbocycles. The molecular formula is C16H23N5. The predicted molar refractivity (Wildman–Crippen MR) is 82.3 cm³/mol. The summed E-state index contributed by atoms with van der Waals surface area (Å²) >= 11 is 0. The third-order valence-corrected chi connectivity index (χ3v) is 4.76. The summed E-state index contributed by atoms with van der Waals surface area (Å²) in [4.78, 5) is 2.26. The fourth-order valence-corrected chi connectivity index (χ4v) is 3.64. The standard InChI is InChI=1S/C16H23N5/c1-3-13-14(9-17)16(20-19-15(13)4-2)21-8-7-11-5-6-12(10-21)18-11/h11-12,18H,3-8,10H2,1-2H3. The average Bonchev–Trinajstić information content (AvgIpc) is 2.85. The molecule has 0 saturated carbocycles. The van der Waals surface area contributed by atoms with Gasteiger partial charge in [0.05, 0.1) is 5.69 Å². The Morgan fingerprint density at radius 1 is 1.19 bits per heavy atom. The van der Waals surface area contributed by atoms with Crippen LogP contribution in [0.4, 0.5) is 5.82 Å². The van der Waals surface area contributed by atoms with E-state index in [-0.39, 0.29) is 0 Å². The van der Waals surface area contributed by atoms with Crippen molar-refractivity contribution >= 4 is 5.82 Å². The van der Waals surface area contributed by atoms with Gasteiger partial charge in [-0.3, -0.25) is 0 Å². The minimum atomic E-state index is 0.529. The van der Waals surface area contributed by atoms with E-state index in [9.17, 15) is 5.26 Å². The lowest BCUT2D eigenvalue weighted by Crippen LogP contribution is -2.36. The molecular weight excluding hydrogens is 262 g/mol. The summed E-state index contributed by atoms with van der Waals surface area (Å²) in [5.74, 6) is 0.793. The van der Waals surface area contributed by atoms with Crippen LogP contribution in [-0.2, 0) is 12.8 Å². The minimum absolute atomic E-state index is 0.529. The Morgan fingerprint density at radius 2 is 2.00 bits per heavy atom. The Hall–Kier alpha value is -1.67. The molecule has 112 valence electrons. The van der Waals surface area contributed by atoms with Gasteiger partial charge < -0.3 is 10.2 Å². The third-order valence-electron chi connectivity index (χ3n) is 4.76. The summed E-state index contributed by atoms with van der Waals surface area (Å²) in [7, 11) is 0. The zero-order valence-corrected chi connectivity index (χ0v) is 12.9. The number of aryl methyl sites for hydroxylation is 1. The number of nitrogens with one attached hydrogen (secondary N) is 1. The van der Waals surface area contributed by atoms with Crippen molar-refractivity contribution in [3.8, 4) is 6.07 Å². The number of aromatic nitrogens is 2. The molecule has 0 aliphatic carbocycles. The van der Waals surface area contributed by atoms with E-state index in [1.165, 1.54) is 12.8 Å². The molecule has 2 unspecified atom stereocenters. The molecule has 2 atom stereocenters. The Morgan fingerprint density at radius 3 is 2.71 bits per heavy atom. The number of hydrogen-bond donors (Lipinski definition) is 1. The number of nitriles is 1. The zero-order valence-electron chi connectivity index (χ0n) is 12.9. The Balaban J connectivity index is 1.96. The van der Waals surface area contributed by atoms with Crippen molar-refractivity contribution in [2.75, 3.05) is 18.0 Å². The van der Waals surface area contributed by atoms with Crippen LogP contribution in [0.2, 0.25) is 0 Å². The van der Waals surface area contributed by atoms with Crippen LogP contribution in [0.15, 0.2) is 0 Å². The molecule has 2 fully saturated rings. The predicted octanol–water partition coefficient (Wildman–Crippen LogP) is 1.80. The molecule has 5 nitrogen and oxygen atoms in total. The first-order valence-electron chi connectivity index (χ1n) is 8.06. The van der Waals surface area contributed by atoms with Crippen LogP contribution in [-0.4, -0.2) is 35.4 Å². The van der Waals surface area contributed by atoms with Crippen molar-refractivity contribution in [1.29, 1.82) is 5.26 Å². The van der Waals surface area contributed by atoms with Gasteiger partial charge in [0.1, 0.15) is 11.6 Å². The van der Waals surface area contributed by atoms with Crippen LogP contribution in [0, 0.1) is 11.3 Å². The Labute approximate surface area is 126 Å². The van der Waals surface area contributed by atoms with Gasteiger partial charge in [0.2, 0.25) is 0 Å². The van der Waals surface area contributed by atoms with E-state index in [0.29, 0.717) is 12.1 Å². The molecule has 0 amide bonds. The SMILES string of the molecule is CCc1nnc(N2CCC3CCC(C2)N3)c(C#N)c1CC. The lowest BCUT2D eigenvalue weighted by Gasteiger charge is -2.26. The lowest BCUT2D eigenvalue weighted by molar-refractivity contribution is 0.563. The molecule has 21 heavy (non-hydrogen) atoms. The molecule has 1 aromatic heterocycles. The van der Waals surface area contributed by atoms with Gasteiger partial charge in [-0.05, 0) is 37.7 Å². The number of rotatable bonds is 3. The van der Waals surface area contributed by atoms with Gasteiger partial charge in [-0.2, -0.15) is 10.4 Å². The van der Waals surface area contributed by atoms with Gasteiger partial charge in [0.25, 0.3) is 0 Å². The van der Waals surface area contributed by atoms with Crippen LogP contribution in [0.5, 0.6) is 0 Å². The van der Waals surface area contributed by atoms with E-state index < -0.39 is 0 Å². The highest BCUT2D eigenvalue weighted by Crippen LogP contribution is 2.27. The fourth-order valence-electron chi connectivity index (χ4n) is 3.64. The van der Waals surface area contributed by atoms with Gasteiger partial charge >= 0.3 is 0 Å². The maximum absolute atomic E-state index is 9.62.